The van der Waals surface area contributed by atoms with E-state index in [1.54, 1.807) is 11.7 Å². The van der Waals surface area contributed by atoms with E-state index in [1.165, 1.54) is 0 Å². The number of ether oxygens (including phenoxy) is 1. The molecule has 0 saturated heterocycles. The minimum Gasteiger partial charge on any atom is -0.497 e. The SMILES string of the molecule is COc1ccc(Cn2ccc3ccccc3c2=O)cc1. The highest BCUT2D eigenvalue weighted by Crippen LogP contribution is 2.13. The molecule has 0 aliphatic heterocycles. The van der Waals surface area contributed by atoms with E-state index in [0.29, 0.717) is 6.54 Å². The quantitative estimate of drug-likeness (QED) is 0.728. The molecule has 0 unspecified atom stereocenters. The van der Waals surface area contributed by atoms with Crippen molar-refractivity contribution >= 4 is 10.8 Å². The molecule has 100 valence electrons. The molecule has 0 atom stereocenters. The van der Waals surface area contributed by atoms with Gasteiger partial charge in [0.05, 0.1) is 13.7 Å². The Morgan fingerprint density at radius 1 is 1.00 bits per heavy atom. The molecule has 0 spiro atoms. The van der Waals surface area contributed by atoms with Crippen LogP contribution in [-0.4, -0.2) is 11.7 Å². The fourth-order valence-corrected chi connectivity index (χ4v) is 2.28. The summed E-state index contributed by atoms with van der Waals surface area (Å²) in [5.41, 5.74) is 1.11. The molecule has 0 N–H and O–H groups in total. The fourth-order valence-electron chi connectivity index (χ4n) is 2.28. The maximum absolute atomic E-state index is 12.4. The number of pyridine rings is 1. The van der Waals surface area contributed by atoms with Crippen LogP contribution in [0.2, 0.25) is 0 Å². The molecule has 1 heterocycles. The first-order chi connectivity index (χ1) is 9.78. The van der Waals surface area contributed by atoms with Gasteiger partial charge in [-0.25, -0.2) is 0 Å². The Kier molecular flexibility index (Phi) is 3.25. The number of hydrogen-bond acceptors (Lipinski definition) is 2. The second kappa shape index (κ2) is 5.21. The molecule has 2 aromatic carbocycles. The summed E-state index contributed by atoms with van der Waals surface area (Å²) in [5, 5.41) is 1.73. The molecule has 3 rings (SSSR count). The third kappa shape index (κ3) is 2.30. The summed E-state index contributed by atoms with van der Waals surface area (Å²) >= 11 is 0. The number of fused-ring (bicyclic) bond motifs is 1. The lowest BCUT2D eigenvalue weighted by molar-refractivity contribution is 0.414. The number of methoxy groups -OCH3 is 1. The summed E-state index contributed by atoms with van der Waals surface area (Å²) in [6.07, 6.45) is 1.84. The maximum Gasteiger partial charge on any atom is 0.258 e. The number of aromatic nitrogens is 1. The van der Waals surface area contributed by atoms with E-state index in [1.807, 2.05) is 60.8 Å². The van der Waals surface area contributed by atoms with Crippen LogP contribution in [0.15, 0.2) is 65.6 Å². The Bertz CT molecular complexity index is 788. The van der Waals surface area contributed by atoms with Crippen molar-refractivity contribution in [1.82, 2.24) is 4.57 Å². The van der Waals surface area contributed by atoms with Gasteiger partial charge in [-0.2, -0.15) is 0 Å². The summed E-state index contributed by atoms with van der Waals surface area (Å²) < 4.78 is 6.86. The van der Waals surface area contributed by atoms with Crippen molar-refractivity contribution in [3.63, 3.8) is 0 Å². The Morgan fingerprint density at radius 2 is 1.75 bits per heavy atom. The van der Waals surface area contributed by atoms with Gasteiger partial charge in [-0.1, -0.05) is 30.3 Å². The summed E-state index contributed by atoms with van der Waals surface area (Å²) in [6.45, 7) is 0.563. The molecule has 3 aromatic rings. The lowest BCUT2D eigenvalue weighted by atomic mass is 10.1. The topological polar surface area (TPSA) is 31.2 Å². The largest absolute Gasteiger partial charge is 0.497 e. The van der Waals surface area contributed by atoms with E-state index in [-0.39, 0.29) is 5.56 Å². The highest BCUT2D eigenvalue weighted by atomic mass is 16.5. The second-order valence-electron chi connectivity index (χ2n) is 4.68. The number of nitrogens with zero attached hydrogens (tertiary/aromatic N) is 1. The predicted octanol–water partition coefficient (Wildman–Crippen LogP) is 3.06. The molecule has 3 nitrogen and oxygen atoms in total. The van der Waals surface area contributed by atoms with Gasteiger partial charge in [0.15, 0.2) is 0 Å². The Morgan fingerprint density at radius 3 is 2.50 bits per heavy atom. The zero-order valence-corrected chi connectivity index (χ0v) is 11.2. The van der Waals surface area contributed by atoms with Gasteiger partial charge in [-0.3, -0.25) is 4.79 Å². The van der Waals surface area contributed by atoms with Gasteiger partial charge in [0.25, 0.3) is 5.56 Å². The zero-order valence-electron chi connectivity index (χ0n) is 11.2. The highest BCUT2D eigenvalue weighted by molar-refractivity contribution is 5.81. The molecule has 0 saturated carbocycles. The number of benzene rings is 2. The van der Waals surface area contributed by atoms with Crippen molar-refractivity contribution in [2.75, 3.05) is 7.11 Å². The van der Waals surface area contributed by atoms with Crippen LogP contribution >= 0.6 is 0 Å². The number of rotatable bonds is 3. The van der Waals surface area contributed by atoms with Crippen LogP contribution in [0.25, 0.3) is 10.8 Å². The average Bonchev–Trinajstić information content (AvgIpc) is 2.51. The van der Waals surface area contributed by atoms with Crippen molar-refractivity contribution in [2.24, 2.45) is 0 Å². The smallest absolute Gasteiger partial charge is 0.258 e. The van der Waals surface area contributed by atoms with Crippen molar-refractivity contribution < 1.29 is 4.74 Å². The van der Waals surface area contributed by atoms with Crippen LogP contribution in [0.4, 0.5) is 0 Å². The molecule has 0 aliphatic carbocycles. The number of hydrogen-bond donors (Lipinski definition) is 0. The van der Waals surface area contributed by atoms with Crippen LogP contribution in [0.5, 0.6) is 5.75 Å². The minimum atomic E-state index is 0.0407. The molecule has 3 heteroatoms. The first-order valence-corrected chi connectivity index (χ1v) is 6.49. The monoisotopic (exact) mass is 265 g/mol. The minimum absolute atomic E-state index is 0.0407. The van der Waals surface area contributed by atoms with Crippen LogP contribution in [0.3, 0.4) is 0 Å². The molecule has 0 bridgehead atoms. The lowest BCUT2D eigenvalue weighted by Crippen LogP contribution is -2.19. The average molecular weight is 265 g/mol. The predicted molar refractivity (Wildman–Crippen MR) is 80.3 cm³/mol. The van der Waals surface area contributed by atoms with Crippen LogP contribution in [-0.2, 0) is 6.54 Å². The lowest BCUT2D eigenvalue weighted by Gasteiger charge is -2.08. The van der Waals surface area contributed by atoms with Crippen LogP contribution < -0.4 is 10.3 Å². The molecule has 0 amide bonds. The third-order valence-electron chi connectivity index (χ3n) is 3.40. The maximum atomic E-state index is 12.4. The molecule has 1 aromatic heterocycles. The van der Waals surface area contributed by atoms with Gasteiger partial charge in [-0.15, -0.1) is 0 Å². The second-order valence-corrected chi connectivity index (χ2v) is 4.68. The Labute approximate surface area is 117 Å². The van der Waals surface area contributed by atoms with Crippen molar-refractivity contribution in [1.29, 1.82) is 0 Å². The molecular weight excluding hydrogens is 250 g/mol. The van der Waals surface area contributed by atoms with Crippen molar-refractivity contribution in [3.05, 3.63) is 76.7 Å². The van der Waals surface area contributed by atoms with Crippen molar-refractivity contribution in [3.8, 4) is 5.75 Å². The van der Waals surface area contributed by atoms with E-state index in [0.717, 1.165) is 22.1 Å². The summed E-state index contributed by atoms with van der Waals surface area (Å²) in [4.78, 5) is 12.4. The van der Waals surface area contributed by atoms with Crippen molar-refractivity contribution in [2.45, 2.75) is 6.54 Å². The third-order valence-corrected chi connectivity index (χ3v) is 3.40. The van der Waals surface area contributed by atoms with E-state index >= 15 is 0 Å². The Balaban J connectivity index is 1.98. The normalized spacial score (nSPS) is 10.7. The first kappa shape index (κ1) is 12.5. The van der Waals surface area contributed by atoms with Gasteiger partial charge in [0.1, 0.15) is 5.75 Å². The van der Waals surface area contributed by atoms with E-state index in [2.05, 4.69) is 0 Å². The molecular formula is C17H15NO2. The standard InChI is InChI=1S/C17H15NO2/c1-20-15-8-6-13(7-9-15)12-18-11-10-14-4-2-3-5-16(14)17(18)19/h2-11H,12H2,1H3. The summed E-state index contributed by atoms with van der Waals surface area (Å²) in [7, 11) is 1.64. The highest BCUT2D eigenvalue weighted by Gasteiger charge is 2.03. The van der Waals surface area contributed by atoms with E-state index in [9.17, 15) is 4.79 Å². The van der Waals surface area contributed by atoms with Gasteiger partial charge in [-0.05, 0) is 35.2 Å². The molecule has 0 aliphatic rings. The van der Waals surface area contributed by atoms with E-state index in [4.69, 9.17) is 4.74 Å². The molecule has 0 radical (unpaired) electrons. The van der Waals surface area contributed by atoms with Gasteiger partial charge in [0.2, 0.25) is 0 Å². The van der Waals surface area contributed by atoms with Gasteiger partial charge >= 0.3 is 0 Å². The Hall–Kier alpha value is -2.55. The van der Waals surface area contributed by atoms with Crippen LogP contribution in [0, 0.1) is 0 Å². The molecule has 20 heavy (non-hydrogen) atoms. The van der Waals surface area contributed by atoms with Gasteiger partial charge in [0, 0.05) is 11.6 Å². The van der Waals surface area contributed by atoms with E-state index < -0.39 is 0 Å². The summed E-state index contributed by atoms with van der Waals surface area (Å²) in [6, 6.07) is 17.4. The fraction of sp³-hybridized carbons (Fsp3) is 0.118. The zero-order chi connectivity index (χ0) is 13.9. The summed E-state index contributed by atoms with van der Waals surface area (Å²) in [5.74, 6) is 0.819. The first-order valence-electron chi connectivity index (χ1n) is 6.49. The van der Waals surface area contributed by atoms with Gasteiger partial charge < -0.3 is 9.30 Å². The molecule has 0 fully saturated rings. The van der Waals surface area contributed by atoms with Crippen LogP contribution in [0.1, 0.15) is 5.56 Å².